The van der Waals surface area contributed by atoms with Crippen LogP contribution in [0.3, 0.4) is 0 Å². The van der Waals surface area contributed by atoms with Gasteiger partial charge in [-0.25, -0.2) is 4.98 Å². The molecule has 0 radical (unpaired) electrons. The zero-order chi connectivity index (χ0) is 21.8. The van der Waals surface area contributed by atoms with E-state index in [0.717, 1.165) is 29.1 Å². The number of carbonyl (C=O) groups excluding carboxylic acids is 1. The Labute approximate surface area is 182 Å². The number of nitrogens with zero attached hydrogens (tertiary/aromatic N) is 1. The molecule has 162 valence electrons. The molecule has 1 aliphatic heterocycles. The van der Waals surface area contributed by atoms with Gasteiger partial charge in [0.2, 0.25) is 12.7 Å². The Balaban J connectivity index is 1.29. The van der Waals surface area contributed by atoms with Crippen molar-refractivity contribution in [3.05, 3.63) is 65.7 Å². The number of benzene rings is 2. The van der Waals surface area contributed by atoms with Gasteiger partial charge in [-0.05, 0) is 42.5 Å². The van der Waals surface area contributed by atoms with E-state index in [4.69, 9.17) is 13.9 Å². The molecule has 3 aromatic rings. The van der Waals surface area contributed by atoms with Crippen LogP contribution in [0.1, 0.15) is 50.3 Å². The maximum Gasteiger partial charge on any atom is 0.231 e. The lowest BCUT2D eigenvalue weighted by atomic mass is 10.0. The number of fused-ring (bicyclic) bond motifs is 1. The second kappa shape index (κ2) is 9.25. The molecule has 0 unspecified atom stereocenters. The van der Waals surface area contributed by atoms with Crippen LogP contribution in [0, 0.1) is 5.92 Å². The number of hydrogen-bond acceptors (Lipinski definition) is 5. The first kappa shape index (κ1) is 21.0. The summed E-state index contributed by atoms with van der Waals surface area (Å²) in [4.78, 5) is 16.7. The standard InChI is InChI=1S/C25H28N2O4/c1-16(2)12-18-4-6-19(7-5-18)23-14-26-25(31-23)11-10-24(28)27-17(3)20-8-9-21-22(13-20)30-15-29-21/h4-9,13-14,16-17H,10-12,15H2,1-3H3,(H,27,28)/t17-/m1/s1. The van der Waals surface area contributed by atoms with Gasteiger partial charge in [0.1, 0.15) is 0 Å². The molecule has 31 heavy (non-hydrogen) atoms. The minimum Gasteiger partial charge on any atom is -0.454 e. The molecule has 1 aromatic heterocycles. The Hall–Kier alpha value is -3.28. The Bertz CT molecular complexity index is 1040. The van der Waals surface area contributed by atoms with E-state index in [1.807, 2.05) is 25.1 Å². The van der Waals surface area contributed by atoms with Crippen LogP contribution < -0.4 is 14.8 Å². The van der Waals surface area contributed by atoms with E-state index >= 15 is 0 Å². The fourth-order valence-corrected chi connectivity index (χ4v) is 3.64. The van der Waals surface area contributed by atoms with Crippen LogP contribution in [-0.2, 0) is 17.6 Å². The molecule has 0 spiro atoms. The summed E-state index contributed by atoms with van der Waals surface area (Å²) in [6, 6.07) is 13.9. The van der Waals surface area contributed by atoms with Crippen molar-refractivity contribution in [2.45, 2.75) is 46.1 Å². The van der Waals surface area contributed by atoms with E-state index in [0.29, 0.717) is 30.4 Å². The summed E-state index contributed by atoms with van der Waals surface area (Å²) in [5.41, 5.74) is 3.27. The fourth-order valence-electron chi connectivity index (χ4n) is 3.64. The molecule has 1 aliphatic rings. The average Bonchev–Trinajstić information content (AvgIpc) is 3.41. The molecule has 4 rings (SSSR count). The van der Waals surface area contributed by atoms with Crippen molar-refractivity contribution in [2.24, 2.45) is 5.92 Å². The molecular weight excluding hydrogens is 392 g/mol. The largest absolute Gasteiger partial charge is 0.454 e. The fraction of sp³-hybridized carbons (Fsp3) is 0.360. The highest BCUT2D eigenvalue weighted by atomic mass is 16.7. The normalized spacial score (nSPS) is 13.4. The van der Waals surface area contributed by atoms with Gasteiger partial charge < -0.3 is 19.2 Å². The second-order valence-electron chi connectivity index (χ2n) is 8.32. The van der Waals surface area contributed by atoms with Gasteiger partial charge in [-0.1, -0.05) is 44.2 Å². The smallest absolute Gasteiger partial charge is 0.231 e. The lowest BCUT2D eigenvalue weighted by Gasteiger charge is -2.14. The third-order valence-electron chi connectivity index (χ3n) is 5.28. The average molecular weight is 421 g/mol. The van der Waals surface area contributed by atoms with Crippen molar-refractivity contribution in [3.8, 4) is 22.8 Å². The van der Waals surface area contributed by atoms with Gasteiger partial charge in [-0.3, -0.25) is 4.79 Å². The summed E-state index contributed by atoms with van der Waals surface area (Å²) in [6.45, 7) is 6.60. The molecule has 0 saturated carbocycles. The zero-order valence-corrected chi connectivity index (χ0v) is 18.2. The number of rotatable bonds is 8. The highest BCUT2D eigenvalue weighted by Crippen LogP contribution is 2.34. The SMILES string of the molecule is CC(C)Cc1ccc(-c2cnc(CCC(=O)N[C@H](C)c3ccc4c(c3)OCO4)o2)cc1. The Morgan fingerprint density at radius 1 is 1.06 bits per heavy atom. The Morgan fingerprint density at radius 3 is 2.61 bits per heavy atom. The first-order valence-electron chi connectivity index (χ1n) is 10.7. The number of aromatic nitrogens is 1. The number of hydrogen-bond donors (Lipinski definition) is 1. The predicted octanol–water partition coefficient (Wildman–Crippen LogP) is 5.08. The molecule has 0 saturated heterocycles. The van der Waals surface area contributed by atoms with Gasteiger partial charge in [0.25, 0.3) is 0 Å². The zero-order valence-electron chi connectivity index (χ0n) is 18.2. The van der Waals surface area contributed by atoms with Crippen molar-refractivity contribution >= 4 is 5.91 Å². The van der Waals surface area contributed by atoms with E-state index in [2.05, 4.69) is 48.4 Å². The van der Waals surface area contributed by atoms with Crippen molar-refractivity contribution in [3.63, 3.8) is 0 Å². The quantitative estimate of drug-likeness (QED) is 0.550. The third-order valence-corrected chi connectivity index (χ3v) is 5.28. The summed E-state index contributed by atoms with van der Waals surface area (Å²) in [5.74, 6) is 3.30. The van der Waals surface area contributed by atoms with Crippen molar-refractivity contribution in [1.29, 1.82) is 0 Å². The summed E-state index contributed by atoms with van der Waals surface area (Å²) in [5, 5.41) is 3.01. The highest BCUT2D eigenvalue weighted by Gasteiger charge is 2.17. The molecular formula is C25H28N2O4. The highest BCUT2D eigenvalue weighted by molar-refractivity contribution is 5.76. The van der Waals surface area contributed by atoms with Crippen LogP contribution in [0.15, 0.2) is 53.1 Å². The van der Waals surface area contributed by atoms with Gasteiger partial charge in [-0.2, -0.15) is 0 Å². The minimum absolute atomic E-state index is 0.0528. The van der Waals surface area contributed by atoms with Crippen LogP contribution in [0.25, 0.3) is 11.3 Å². The molecule has 1 N–H and O–H groups in total. The van der Waals surface area contributed by atoms with Crippen molar-refractivity contribution < 1.29 is 18.7 Å². The summed E-state index contributed by atoms with van der Waals surface area (Å²) in [7, 11) is 0. The summed E-state index contributed by atoms with van der Waals surface area (Å²) in [6.07, 6.45) is 3.54. The molecule has 0 bridgehead atoms. The number of ether oxygens (including phenoxy) is 2. The van der Waals surface area contributed by atoms with E-state index in [1.165, 1.54) is 5.56 Å². The van der Waals surface area contributed by atoms with E-state index in [9.17, 15) is 4.79 Å². The molecule has 6 heteroatoms. The topological polar surface area (TPSA) is 73.6 Å². The van der Waals surface area contributed by atoms with Crippen molar-refractivity contribution in [2.75, 3.05) is 6.79 Å². The number of carbonyl (C=O) groups is 1. The van der Waals surface area contributed by atoms with E-state index in [-0.39, 0.29) is 18.7 Å². The van der Waals surface area contributed by atoms with Gasteiger partial charge in [0, 0.05) is 18.4 Å². The molecule has 0 aliphatic carbocycles. The first-order chi connectivity index (χ1) is 15.0. The minimum atomic E-state index is -0.133. The first-order valence-corrected chi connectivity index (χ1v) is 10.7. The number of amides is 1. The molecule has 0 fully saturated rings. The molecule has 1 atom stereocenters. The Morgan fingerprint density at radius 2 is 1.84 bits per heavy atom. The van der Waals surface area contributed by atoms with Crippen LogP contribution in [0.2, 0.25) is 0 Å². The maximum atomic E-state index is 12.4. The lowest BCUT2D eigenvalue weighted by Crippen LogP contribution is -2.26. The Kier molecular flexibility index (Phi) is 6.26. The lowest BCUT2D eigenvalue weighted by molar-refractivity contribution is -0.121. The van der Waals surface area contributed by atoms with Crippen LogP contribution in [0.5, 0.6) is 11.5 Å². The monoisotopic (exact) mass is 420 g/mol. The molecule has 1 amide bonds. The number of nitrogens with one attached hydrogen (secondary N) is 1. The summed E-state index contributed by atoms with van der Waals surface area (Å²) >= 11 is 0. The van der Waals surface area contributed by atoms with Crippen LogP contribution >= 0.6 is 0 Å². The molecule has 2 heterocycles. The third kappa shape index (κ3) is 5.26. The number of aryl methyl sites for hydroxylation is 1. The van der Waals surface area contributed by atoms with E-state index in [1.54, 1.807) is 6.20 Å². The summed E-state index contributed by atoms with van der Waals surface area (Å²) < 4.78 is 16.6. The van der Waals surface area contributed by atoms with Gasteiger partial charge in [0.05, 0.1) is 12.2 Å². The molecule has 2 aromatic carbocycles. The van der Waals surface area contributed by atoms with Gasteiger partial charge in [-0.15, -0.1) is 0 Å². The van der Waals surface area contributed by atoms with E-state index < -0.39 is 0 Å². The molecule has 6 nitrogen and oxygen atoms in total. The van der Waals surface area contributed by atoms with Crippen molar-refractivity contribution in [1.82, 2.24) is 10.3 Å². The van der Waals surface area contributed by atoms with Gasteiger partial charge in [0.15, 0.2) is 23.1 Å². The second-order valence-corrected chi connectivity index (χ2v) is 8.32. The van der Waals surface area contributed by atoms with Crippen LogP contribution in [0.4, 0.5) is 0 Å². The number of oxazole rings is 1. The maximum absolute atomic E-state index is 12.4. The predicted molar refractivity (Wildman–Crippen MR) is 118 cm³/mol. The van der Waals surface area contributed by atoms with Gasteiger partial charge >= 0.3 is 0 Å². The van der Waals surface area contributed by atoms with Crippen LogP contribution in [-0.4, -0.2) is 17.7 Å².